The van der Waals surface area contributed by atoms with E-state index in [2.05, 4.69) is 37.8 Å². The van der Waals surface area contributed by atoms with E-state index in [1.54, 1.807) is 7.11 Å². The van der Waals surface area contributed by atoms with E-state index in [0.29, 0.717) is 24.1 Å². The zero-order chi connectivity index (χ0) is 20.8. The lowest BCUT2D eigenvalue weighted by molar-refractivity contribution is -0.119. The summed E-state index contributed by atoms with van der Waals surface area (Å²) in [5.41, 5.74) is 2.48. The third-order valence-electron chi connectivity index (χ3n) is 6.26. The summed E-state index contributed by atoms with van der Waals surface area (Å²) >= 11 is 0. The largest absolute Gasteiger partial charge is 0.493 e. The number of ether oxygens (including phenoxy) is 3. The highest BCUT2D eigenvalue weighted by Gasteiger charge is 2.45. The van der Waals surface area contributed by atoms with Crippen molar-refractivity contribution in [1.82, 2.24) is 4.90 Å². The minimum Gasteiger partial charge on any atom is -0.493 e. The molecule has 0 radical (unpaired) electrons. The number of hydrogen-bond donors (Lipinski definition) is 0. The number of piperidine rings is 1. The average molecular weight is 410 g/mol. The smallest absolute Gasteiger partial charge is 0.248 e. The fourth-order valence-corrected chi connectivity index (χ4v) is 4.99. The summed E-state index contributed by atoms with van der Waals surface area (Å²) in [4.78, 5) is 2.53. The van der Waals surface area contributed by atoms with Crippen LogP contribution in [0.15, 0.2) is 12.1 Å². The van der Waals surface area contributed by atoms with Crippen molar-refractivity contribution in [1.29, 1.82) is 0 Å². The number of benzene rings is 1. The van der Waals surface area contributed by atoms with Crippen LogP contribution in [0.5, 0.6) is 11.5 Å². The van der Waals surface area contributed by atoms with E-state index in [-0.39, 0.29) is 30.5 Å². The molecule has 2 unspecified atom stereocenters. The van der Waals surface area contributed by atoms with Crippen molar-refractivity contribution in [3.63, 3.8) is 0 Å². The molecule has 4 rings (SSSR count). The van der Waals surface area contributed by atoms with Gasteiger partial charge >= 0.3 is 0 Å². The molecule has 29 heavy (non-hydrogen) atoms. The van der Waals surface area contributed by atoms with Crippen LogP contribution in [0.25, 0.3) is 0 Å². The highest BCUT2D eigenvalue weighted by molar-refractivity contribution is 5.49. The molecule has 6 heteroatoms. The topological polar surface area (TPSA) is 30.9 Å². The van der Waals surface area contributed by atoms with Crippen molar-refractivity contribution in [2.24, 2.45) is 5.92 Å². The van der Waals surface area contributed by atoms with E-state index in [9.17, 15) is 8.78 Å². The predicted molar refractivity (Wildman–Crippen MR) is 108 cm³/mol. The first-order chi connectivity index (χ1) is 13.6. The summed E-state index contributed by atoms with van der Waals surface area (Å²) in [5, 5.41) is 0. The molecule has 4 nitrogen and oxygen atoms in total. The Labute approximate surface area is 172 Å². The van der Waals surface area contributed by atoms with Gasteiger partial charge in [-0.05, 0) is 63.3 Å². The average Bonchev–Trinajstić information content (AvgIpc) is 2.62. The summed E-state index contributed by atoms with van der Waals surface area (Å²) in [6.45, 7) is 8.62. The first-order valence-electron chi connectivity index (χ1n) is 10.8. The maximum Gasteiger partial charge on any atom is 0.248 e. The van der Waals surface area contributed by atoms with Crippen molar-refractivity contribution in [3.8, 4) is 11.5 Å². The fraction of sp³-hybridized carbons (Fsp3) is 0.739. The minimum atomic E-state index is -2.51. The number of nitrogens with zero attached hydrogens (tertiary/aromatic N) is 1. The molecule has 2 fully saturated rings. The second-order valence-electron chi connectivity index (χ2n) is 9.83. The van der Waals surface area contributed by atoms with E-state index >= 15 is 0 Å². The summed E-state index contributed by atoms with van der Waals surface area (Å²) in [7, 11) is 1.64. The van der Waals surface area contributed by atoms with Gasteiger partial charge in [-0.15, -0.1) is 0 Å². The van der Waals surface area contributed by atoms with Crippen LogP contribution in [-0.2, 0) is 11.2 Å². The van der Waals surface area contributed by atoms with Gasteiger partial charge in [0.25, 0.3) is 0 Å². The van der Waals surface area contributed by atoms with Crippen molar-refractivity contribution in [2.45, 2.75) is 76.5 Å². The third kappa shape index (κ3) is 4.69. The lowest BCUT2D eigenvalue weighted by atomic mass is 9.82. The number of alkyl halides is 2. The van der Waals surface area contributed by atoms with Gasteiger partial charge in [0.1, 0.15) is 0 Å². The summed E-state index contributed by atoms with van der Waals surface area (Å²) < 4.78 is 43.9. The van der Waals surface area contributed by atoms with Crippen LogP contribution >= 0.6 is 0 Å². The molecule has 3 aliphatic rings. The standard InChI is InChI=1S/C23H33F2NO3/c1-22(2,3)29-17-5-6-19-18-10-20(27-4)21(9-16(18)7-8-26(19)13-17)28-14-15-11-23(24,25)12-15/h9-10,15,17,19H,5-8,11-14H2,1-4H3. The Morgan fingerprint density at radius 2 is 1.90 bits per heavy atom. The van der Waals surface area contributed by atoms with Crippen molar-refractivity contribution in [2.75, 3.05) is 26.8 Å². The summed E-state index contributed by atoms with van der Waals surface area (Å²) in [6.07, 6.45) is 3.20. The highest BCUT2D eigenvalue weighted by Crippen LogP contribution is 2.45. The molecule has 1 aliphatic carbocycles. The quantitative estimate of drug-likeness (QED) is 0.685. The zero-order valence-electron chi connectivity index (χ0n) is 18.0. The van der Waals surface area contributed by atoms with E-state index in [4.69, 9.17) is 14.2 Å². The van der Waals surface area contributed by atoms with Gasteiger partial charge in [-0.2, -0.15) is 0 Å². The first-order valence-corrected chi connectivity index (χ1v) is 10.8. The Balaban J connectivity index is 1.45. The number of methoxy groups -OCH3 is 1. The third-order valence-corrected chi connectivity index (χ3v) is 6.26. The first kappa shape index (κ1) is 20.9. The molecule has 162 valence electrons. The minimum absolute atomic E-state index is 0.0701. The molecule has 1 saturated heterocycles. The van der Waals surface area contributed by atoms with E-state index in [1.165, 1.54) is 11.1 Å². The normalized spacial score (nSPS) is 27.0. The van der Waals surface area contributed by atoms with Gasteiger partial charge in [-0.25, -0.2) is 8.78 Å². The van der Waals surface area contributed by atoms with Crippen molar-refractivity contribution < 1.29 is 23.0 Å². The maximum absolute atomic E-state index is 13.1. The molecule has 2 heterocycles. The van der Waals surface area contributed by atoms with Crippen LogP contribution in [0.4, 0.5) is 8.78 Å². The second-order valence-corrected chi connectivity index (χ2v) is 9.83. The van der Waals surface area contributed by atoms with Crippen LogP contribution in [0, 0.1) is 5.92 Å². The molecular weight excluding hydrogens is 376 g/mol. The van der Waals surface area contributed by atoms with Crippen LogP contribution in [0.3, 0.4) is 0 Å². The van der Waals surface area contributed by atoms with E-state index < -0.39 is 5.92 Å². The van der Waals surface area contributed by atoms with Crippen molar-refractivity contribution >= 4 is 0 Å². The number of rotatable bonds is 5. The molecule has 0 amide bonds. The maximum atomic E-state index is 13.1. The molecule has 2 atom stereocenters. The Kier molecular flexibility index (Phi) is 5.53. The predicted octanol–water partition coefficient (Wildman–Crippen LogP) is 5.00. The molecule has 0 aromatic heterocycles. The van der Waals surface area contributed by atoms with Gasteiger partial charge < -0.3 is 14.2 Å². The molecule has 1 aromatic rings. The molecule has 1 aromatic carbocycles. The lowest BCUT2D eigenvalue weighted by Crippen LogP contribution is -2.47. The van der Waals surface area contributed by atoms with Crippen LogP contribution in [0.1, 0.15) is 63.6 Å². The Morgan fingerprint density at radius 1 is 1.14 bits per heavy atom. The lowest BCUT2D eigenvalue weighted by Gasteiger charge is -2.45. The molecule has 0 N–H and O–H groups in total. The van der Waals surface area contributed by atoms with E-state index in [1.807, 2.05) is 0 Å². The molecule has 2 aliphatic heterocycles. The van der Waals surface area contributed by atoms with Crippen LogP contribution < -0.4 is 9.47 Å². The van der Waals surface area contributed by atoms with Gasteiger partial charge in [-0.3, -0.25) is 4.90 Å². The summed E-state index contributed by atoms with van der Waals surface area (Å²) in [5.74, 6) is -1.20. The number of halogens is 2. The van der Waals surface area contributed by atoms with Gasteiger partial charge in [0.05, 0.1) is 25.4 Å². The Bertz CT molecular complexity index is 738. The molecule has 0 bridgehead atoms. The van der Waals surface area contributed by atoms with E-state index in [0.717, 1.165) is 32.4 Å². The van der Waals surface area contributed by atoms with Crippen LogP contribution in [-0.4, -0.2) is 49.3 Å². The fourth-order valence-electron chi connectivity index (χ4n) is 4.99. The Morgan fingerprint density at radius 3 is 2.55 bits per heavy atom. The van der Waals surface area contributed by atoms with Gasteiger partial charge in [0.15, 0.2) is 11.5 Å². The monoisotopic (exact) mass is 409 g/mol. The zero-order valence-corrected chi connectivity index (χ0v) is 18.0. The number of fused-ring (bicyclic) bond motifs is 3. The highest BCUT2D eigenvalue weighted by atomic mass is 19.3. The van der Waals surface area contributed by atoms with Crippen molar-refractivity contribution in [3.05, 3.63) is 23.3 Å². The Hall–Kier alpha value is -1.40. The molecule has 1 saturated carbocycles. The van der Waals surface area contributed by atoms with Gasteiger partial charge in [0, 0.05) is 37.9 Å². The molecular formula is C23H33F2NO3. The van der Waals surface area contributed by atoms with Gasteiger partial charge in [0.2, 0.25) is 5.92 Å². The molecule has 0 spiro atoms. The summed E-state index contributed by atoms with van der Waals surface area (Å²) in [6, 6.07) is 4.55. The SMILES string of the molecule is COc1cc2c(cc1OCC1CC(F)(F)C1)CCN1CC(OC(C)(C)C)CCC21. The van der Waals surface area contributed by atoms with Gasteiger partial charge in [-0.1, -0.05) is 0 Å². The second kappa shape index (κ2) is 7.69. The number of hydrogen-bond acceptors (Lipinski definition) is 4. The van der Waals surface area contributed by atoms with Crippen LogP contribution in [0.2, 0.25) is 0 Å².